The first kappa shape index (κ1) is 13.1. The second-order valence-electron chi connectivity index (χ2n) is 4.14. The van der Waals surface area contributed by atoms with Crippen LogP contribution in [0.3, 0.4) is 0 Å². The van der Waals surface area contributed by atoms with E-state index in [0.717, 1.165) is 25.7 Å². The molecular weight excluding hydrogens is 266 g/mol. The van der Waals surface area contributed by atoms with Crippen LogP contribution < -0.4 is 0 Å². The third-order valence-electron chi connectivity index (χ3n) is 2.63. The van der Waals surface area contributed by atoms with Gasteiger partial charge in [-0.05, 0) is 25.0 Å². The zero-order chi connectivity index (χ0) is 13.1. The maximum Gasteiger partial charge on any atom is 0.303 e. The van der Waals surface area contributed by atoms with Gasteiger partial charge in [-0.2, -0.15) is 0 Å². The second-order valence-corrected chi connectivity index (χ2v) is 5.83. The lowest BCUT2D eigenvalue weighted by molar-refractivity contribution is -0.136. The Kier molecular flexibility index (Phi) is 4.04. The number of rotatable bonds is 5. The Balaban J connectivity index is 2.10. The van der Waals surface area contributed by atoms with E-state index in [0.29, 0.717) is 12.8 Å². The molecule has 0 amide bonds. The average Bonchev–Trinajstić information content (AvgIpc) is 2.70. The Morgan fingerprint density at radius 1 is 1.44 bits per heavy atom. The highest BCUT2D eigenvalue weighted by atomic mass is 32.1. The lowest BCUT2D eigenvalue weighted by atomic mass is 10.2. The summed E-state index contributed by atoms with van der Waals surface area (Å²) >= 11 is 6.82. The van der Waals surface area contributed by atoms with Crippen LogP contribution in [0.4, 0.5) is 0 Å². The van der Waals surface area contributed by atoms with Crippen molar-refractivity contribution in [1.29, 1.82) is 0 Å². The molecule has 1 heterocycles. The van der Waals surface area contributed by atoms with E-state index < -0.39 is 5.97 Å². The fraction of sp³-hybridized carbons (Fsp3) is 0.308. The number of nitrogens with zero attached hydrogens (tertiary/aromatic N) is 1. The molecule has 0 aliphatic heterocycles. The number of aryl methyl sites for hydroxylation is 1. The largest absolute Gasteiger partial charge is 0.481 e. The van der Waals surface area contributed by atoms with Crippen LogP contribution in [0.25, 0.3) is 10.2 Å². The van der Waals surface area contributed by atoms with E-state index in [4.69, 9.17) is 17.3 Å². The number of thiazole rings is 1. The van der Waals surface area contributed by atoms with Gasteiger partial charge in [0.15, 0.2) is 0 Å². The van der Waals surface area contributed by atoms with Crippen LogP contribution in [0.1, 0.15) is 23.4 Å². The van der Waals surface area contributed by atoms with Gasteiger partial charge < -0.3 is 5.11 Å². The highest BCUT2D eigenvalue weighted by Gasteiger charge is 2.09. The van der Waals surface area contributed by atoms with Gasteiger partial charge in [-0.25, -0.2) is 4.98 Å². The van der Waals surface area contributed by atoms with E-state index >= 15 is 0 Å². The number of carboxylic acid groups (broad SMARTS) is 1. The summed E-state index contributed by atoms with van der Waals surface area (Å²) in [4.78, 5) is 15.8. The molecule has 0 aliphatic rings. The minimum absolute atomic E-state index is 0.1000. The van der Waals surface area contributed by atoms with Crippen LogP contribution in [-0.2, 0) is 11.2 Å². The minimum atomic E-state index is -0.808. The third kappa shape index (κ3) is 3.11. The van der Waals surface area contributed by atoms with Crippen molar-refractivity contribution in [2.75, 3.05) is 0 Å². The first-order valence-corrected chi connectivity index (χ1v) is 6.87. The summed E-state index contributed by atoms with van der Waals surface area (Å²) in [6.45, 7) is 2.04. The van der Waals surface area contributed by atoms with Gasteiger partial charge in [-0.3, -0.25) is 4.79 Å². The molecule has 0 fully saturated rings. The van der Waals surface area contributed by atoms with Crippen LogP contribution in [0.15, 0.2) is 18.2 Å². The molecule has 2 rings (SSSR count). The summed E-state index contributed by atoms with van der Waals surface area (Å²) in [6, 6.07) is 6.10. The van der Waals surface area contributed by atoms with Crippen molar-refractivity contribution in [3.63, 3.8) is 0 Å². The average molecular weight is 279 g/mol. The minimum Gasteiger partial charge on any atom is -0.481 e. The standard InChI is InChI=1S/C13H13NO2S2/c1-8-3-2-4-10-13(8)14-11(18-10)7-9(17)5-6-12(15)16/h2-4H,5-7H2,1H3,(H,15,16). The molecule has 5 heteroatoms. The summed E-state index contributed by atoms with van der Waals surface area (Å²) in [5.41, 5.74) is 2.19. The lowest BCUT2D eigenvalue weighted by Gasteiger charge is -1.97. The number of fused-ring (bicyclic) bond motifs is 1. The third-order valence-corrected chi connectivity index (χ3v) is 4.00. The smallest absolute Gasteiger partial charge is 0.303 e. The number of carbonyl (C=O) groups is 1. The molecule has 0 radical (unpaired) electrons. The molecule has 3 nitrogen and oxygen atoms in total. The number of aromatic nitrogens is 1. The molecular formula is C13H13NO2S2. The van der Waals surface area contributed by atoms with Gasteiger partial charge in [0.1, 0.15) is 0 Å². The Morgan fingerprint density at radius 3 is 2.89 bits per heavy atom. The van der Waals surface area contributed by atoms with E-state index in [9.17, 15) is 4.79 Å². The molecule has 1 aromatic carbocycles. The molecule has 0 saturated heterocycles. The van der Waals surface area contributed by atoms with Crippen molar-refractivity contribution in [3.05, 3.63) is 28.8 Å². The molecule has 0 atom stereocenters. The highest BCUT2D eigenvalue weighted by Crippen LogP contribution is 2.25. The van der Waals surface area contributed by atoms with Gasteiger partial charge >= 0.3 is 5.97 Å². The van der Waals surface area contributed by atoms with E-state index in [1.54, 1.807) is 11.3 Å². The normalized spacial score (nSPS) is 10.7. The Labute approximate surface area is 114 Å². The zero-order valence-corrected chi connectivity index (χ0v) is 11.6. The molecule has 0 unspecified atom stereocenters. The van der Waals surface area contributed by atoms with Crippen molar-refractivity contribution < 1.29 is 9.90 Å². The molecule has 0 bridgehead atoms. The fourth-order valence-corrected chi connectivity index (χ4v) is 3.13. The van der Waals surface area contributed by atoms with Gasteiger partial charge in [0.2, 0.25) is 0 Å². The van der Waals surface area contributed by atoms with Crippen LogP contribution >= 0.6 is 23.6 Å². The van der Waals surface area contributed by atoms with E-state index in [-0.39, 0.29) is 6.42 Å². The van der Waals surface area contributed by atoms with E-state index in [1.807, 2.05) is 25.1 Å². The van der Waals surface area contributed by atoms with Crippen molar-refractivity contribution >= 4 is 44.6 Å². The van der Waals surface area contributed by atoms with Crippen LogP contribution in [-0.4, -0.2) is 20.9 Å². The molecule has 18 heavy (non-hydrogen) atoms. The lowest BCUT2D eigenvalue weighted by Crippen LogP contribution is -2.03. The number of para-hydroxylation sites is 1. The molecule has 94 valence electrons. The molecule has 0 saturated carbocycles. The Hall–Kier alpha value is -1.33. The van der Waals surface area contributed by atoms with Crippen molar-refractivity contribution in [1.82, 2.24) is 4.98 Å². The summed E-state index contributed by atoms with van der Waals surface area (Å²) < 4.78 is 1.16. The zero-order valence-electron chi connectivity index (χ0n) is 9.97. The number of carboxylic acids is 1. The second kappa shape index (κ2) is 5.54. The van der Waals surface area contributed by atoms with Gasteiger partial charge in [0, 0.05) is 17.7 Å². The maximum atomic E-state index is 10.5. The summed E-state index contributed by atoms with van der Waals surface area (Å²) in [5.74, 6) is -0.808. The predicted molar refractivity (Wildman–Crippen MR) is 77.5 cm³/mol. The summed E-state index contributed by atoms with van der Waals surface area (Å²) in [5, 5.41) is 9.57. The molecule has 2 aromatic rings. The van der Waals surface area contributed by atoms with E-state index in [1.165, 1.54) is 0 Å². The topological polar surface area (TPSA) is 50.2 Å². The quantitative estimate of drug-likeness (QED) is 0.852. The highest BCUT2D eigenvalue weighted by molar-refractivity contribution is 7.80. The number of hydrogen-bond donors (Lipinski definition) is 1. The predicted octanol–water partition coefficient (Wildman–Crippen LogP) is 3.38. The molecule has 1 N–H and O–H groups in total. The number of thiocarbonyl (C=S) groups is 1. The van der Waals surface area contributed by atoms with Crippen LogP contribution in [0, 0.1) is 6.92 Å². The number of benzene rings is 1. The van der Waals surface area contributed by atoms with Crippen molar-refractivity contribution in [2.24, 2.45) is 0 Å². The van der Waals surface area contributed by atoms with Gasteiger partial charge in [0.25, 0.3) is 0 Å². The summed E-state index contributed by atoms with van der Waals surface area (Å²) in [6.07, 6.45) is 1.14. The maximum absolute atomic E-state index is 10.5. The SMILES string of the molecule is Cc1cccc2sc(CC(=S)CCC(=O)O)nc12. The molecule has 0 aliphatic carbocycles. The van der Waals surface area contributed by atoms with Gasteiger partial charge in [-0.1, -0.05) is 24.4 Å². The monoisotopic (exact) mass is 279 g/mol. The van der Waals surface area contributed by atoms with Crippen molar-refractivity contribution in [2.45, 2.75) is 26.2 Å². The first-order chi connectivity index (χ1) is 8.56. The first-order valence-electron chi connectivity index (χ1n) is 5.65. The van der Waals surface area contributed by atoms with Crippen molar-refractivity contribution in [3.8, 4) is 0 Å². The molecule has 1 aromatic heterocycles. The van der Waals surface area contributed by atoms with Crippen LogP contribution in [0.2, 0.25) is 0 Å². The fourth-order valence-electron chi connectivity index (χ4n) is 1.71. The Bertz CT molecular complexity index is 604. The molecule has 0 spiro atoms. The Morgan fingerprint density at radius 2 is 2.22 bits per heavy atom. The van der Waals surface area contributed by atoms with E-state index in [2.05, 4.69) is 4.98 Å². The van der Waals surface area contributed by atoms with Crippen LogP contribution in [0.5, 0.6) is 0 Å². The summed E-state index contributed by atoms with van der Waals surface area (Å²) in [7, 11) is 0. The van der Waals surface area contributed by atoms with Gasteiger partial charge in [-0.15, -0.1) is 11.3 Å². The number of aliphatic carboxylic acids is 1. The van der Waals surface area contributed by atoms with Gasteiger partial charge in [0.05, 0.1) is 15.2 Å². The number of hydrogen-bond acceptors (Lipinski definition) is 4.